The van der Waals surface area contributed by atoms with Crippen LogP contribution >= 0.6 is 0 Å². The first-order valence-electron chi connectivity index (χ1n) is 7.64. The zero-order valence-corrected chi connectivity index (χ0v) is 13.7. The Balaban J connectivity index is 1.82. The largest absolute Gasteiger partial charge is 0.445 e. The van der Waals surface area contributed by atoms with Crippen molar-refractivity contribution in [1.82, 2.24) is 5.32 Å². The molecule has 0 aromatic heterocycles. The van der Waals surface area contributed by atoms with Crippen LogP contribution in [0.4, 0.5) is 20.6 Å². The molecule has 2 aromatic rings. The van der Waals surface area contributed by atoms with E-state index in [2.05, 4.69) is 17.2 Å². The monoisotopic (exact) mass is 357 g/mol. The van der Waals surface area contributed by atoms with E-state index in [1.165, 1.54) is 0 Å². The van der Waals surface area contributed by atoms with Gasteiger partial charge in [0.05, 0.1) is 16.6 Å². The Morgan fingerprint density at radius 3 is 2.73 bits per heavy atom. The van der Waals surface area contributed by atoms with Crippen LogP contribution in [0.2, 0.25) is 0 Å². The highest BCUT2D eigenvalue weighted by atomic mass is 19.1. The molecule has 8 heteroatoms. The van der Waals surface area contributed by atoms with Crippen LogP contribution in [0.5, 0.6) is 0 Å². The fourth-order valence-electron chi connectivity index (χ4n) is 2.02. The van der Waals surface area contributed by atoms with E-state index >= 15 is 0 Å². The van der Waals surface area contributed by atoms with Crippen molar-refractivity contribution in [2.75, 3.05) is 12.3 Å². The second kappa shape index (κ2) is 9.03. The number of nitrogens with zero attached hydrogens (tertiary/aromatic N) is 1. The number of carbonyl (C=O) groups excluding carboxylic acids is 1. The number of hydrogen-bond donors (Lipinski definition) is 2. The summed E-state index contributed by atoms with van der Waals surface area (Å²) < 4.78 is 18.4. The van der Waals surface area contributed by atoms with Crippen molar-refractivity contribution >= 4 is 17.5 Å². The van der Waals surface area contributed by atoms with Crippen molar-refractivity contribution in [2.24, 2.45) is 0 Å². The van der Waals surface area contributed by atoms with E-state index in [-0.39, 0.29) is 30.8 Å². The Morgan fingerprint density at radius 1 is 1.31 bits per heavy atom. The molecule has 0 saturated carbocycles. The van der Waals surface area contributed by atoms with Gasteiger partial charge in [-0.15, -0.1) is 0 Å². The van der Waals surface area contributed by atoms with Gasteiger partial charge in [-0.2, -0.15) is 0 Å². The van der Waals surface area contributed by atoms with Crippen LogP contribution in [0.1, 0.15) is 17.5 Å². The minimum atomic E-state index is -0.794. The number of anilines is 1. The minimum absolute atomic E-state index is 0.0309. The van der Waals surface area contributed by atoms with Crippen molar-refractivity contribution in [3.8, 4) is 11.8 Å². The Kier molecular flexibility index (Phi) is 6.51. The molecule has 0 aliphatic rings. The molecule has 3 N–H and O–H groups in total. The van der Waals surface area contributed by atoms with Crippen LogP contribution in [-0.2, 0) is 11.3 Å². The first-order valence-corrected chi connectivity index (χ1v) is 7.64. The number of ether oxygens (including phenoxy) is 1. The molecule has 0 radical (unpaired) electrons. The van der Waals surface area contributed by atoms with E-state index in [1.54, 1.807) is 0 Å². The molecule has 26 heavy (non-hydrogen) atoms. The van der Waals surface area contributed by atoms with Crippen LogP contribution in [0, 0.1) is 27.8 Å². The number of rotatable bonds is 5. The summed E-state index contributed by atoms with van der Waals surface area (Å²) >= 11 is 0. The van der Waals surface area contributed by atoms with Crippen LogP contribution in [0.3, 0.4) is 0 Å². The van der Waals surface area contributed by atoms with Gasteiger partial charge in [-0.1, -0.05) is 42.2 Å². The third kappa shape index (κ3) is 5.49. The van der Waals surface area contributed by atoms with Crippen molar-refractivity contribution in [1.29, 1.82) is 0 Å². The summed E-state index contributed by atoms with van der Waals surface area (Å²) in [7, 11) is 0. The average Bonchev–Trinajstić information content (AvgIpc) is 2.62. The summed E-state index contributed by atoms with van der Waals surface area (Å²) in [6.45, 7) is 0.361. The topological polar surface area (TPSA) is 107 Å². The molecule has 7 nitrogen and oxygen atoms in total. The maximum atomic E-state index is 13.4. The molecule has 0 bridgehead atoms. The molecule has 2 rings (SSSR count). The third-order valence-electron chi connectivity index (χ3n) is 3.27. The van der Waals surface area contributed by atoms with Crippen LogP contribution < -0.4 is 11.1 Å². The van der Waals surface area contributed by atoms with Gasteiger partial charge in [-0.3, -0.25) is 10.1 Å². The van der Waals surface area contributed by atoms with Gasteiger partial charge in [-0.25, -0.2) is 9.18 Å². The molecule has 0 fully saturated rings. The highest BCUT2D eigenvalue weighted by Gasteiger charge is 2.16. The summed E-state index contributed by atoms with van der Waals surface area (Å²) in [4.78, 5) is 21.6. The Labute approximate surface area is 149 Å². The molecule has 134 valence electrons. The molecule has 0 unspecified atom stereocenters. The van der Waals surface area contributed by atoms with Gasteiger partial charge < -0.3 is 15.8 Å². The quantitative estimate of drug-likeness (QED) is 0.281. The normalized spacial score (nSPS) is 9.73. The molecule has 0 aliphatic carbocycles. The first kappa shape index (κ1) is 18.7. The highest BCUT2D eigenvalue weighted by molar-refractivity contribution is 5.68. The summed E-state index contributed by atoms with van der Waals surface area (Å²) in [6.07, 6.45) is -0.346. The lowest BCUT2D eigenvalue weighted by Crippen LogP contribution is -2.24. The number of nitro benzene ring substituents is 1. The Hall–Kier alpha value is -3.60. The van der Waals surface area contributed by atoms with Gasteiger partial charge in [0, 0.05) is 13.0 Å². The average molecular weight is 357 g/mol. The van der Waals surface area contributed by atoms with E-state index in [0.717, 1.165) is 17.7 Å². The summed E-state index contributed by atoms with van der Waals surface area (Å²) in [5.41, 5.74) is 5.78. The van der Waals surface area contributed by atoms with Gasteiger partial charge in [0.2, 0.25) is 0 Å². The lowest BCUT2D eigenvalue weighted by atomic mass is 10.1. The number of nitrogens with two attached hydrogens (primary N) is 1. The number of amides is 1. The van der Waals surface area contributed by atoms with E-state index in [9.17, 15) is 19.3 Å². The van der Waals surface area contributed by atoms with Crippen molar-refractivity contribution in [3.63, 3.8) is 0 Å². The molecule has 2 aromatic carbocycles. The van der Waals surface area contributed by atoms with Crippen molar-refractivity contribution < 1.29 is 18.8 Å². The SMILES string of the molecule is Nc1c(C#CCCNC(=O)OCc2ccccc2)cc(F)cc1[N+](=O)[O-]. The molecule has 0 saturated heterocycles. The van der Waals surface area contributed by atoms with E-state index in [4.69, 9.17) is 10.5 Å². The van der Waals surface area contributed by atoms with Crippen LogP contribution in [0.25, 0.3) is 0 Å². The molecular formula is C18H16FN3O4. The zero-order chi connectivity index (χ0) is 18.9. The van der Waals surface area contributed by atoms with E-state index in [0.29, 0.717) is 0 Å². The molecule has 1 amide bonds. The lowest BCUT2D eigenvalue weighted by Gasteiger charge is -2.05. The van der Waals surface area contributed by atoms with Crippen LogP contribution in [0.15, 0.2) is 42.5 Å². The van der Waals surface area contributed by atoms with Crippen molar-refractivity contribution in [2.45, 2.75) is 13.0 Å². The number of halogens is 1. The summed E-state index contributed by atoms with van der Waals surface area (Å²) in [6, 6.07) is 11.0. The number of nitro groups is 1. The number of benzene rings is 2. The maximum Gasteiger partial charge on any atom is 0.407 e. The standard InChI is InChI=1S/C18H16FN3O4/c19-15-10-14(17(20)16(11-15)22(24)25)8-4-5-9-21-18(23)26-12-13-6-2-1-3-7-13/h1-3,6-7,10-11H,5,9,12,20H2,(H,21,23). The smallest absolute Gasteiger partial charge is 0.407 e. The minimum Gasteiger partial charge on any atom is -0.445 e. The van der Waals surface area contributed by atoms with Crippen molar-refractivity contribution in [3.05, 3.63) is 69.5 Å². The number of nitrogens with one attached hydrogen (secondary N) is 1. The highest BCUT2D eigenvalue weighted by Crippen LogP contribution is 2.25. The fraction of sp³-hybridized carbons (Fsp3) is 0.167. The van der Waals surface area contributed by atoms with Gasteiger partial charge in [0.15, 0.2) is 0 Å². The predicted octanol–water partition coefficient (Wildman–Crippen LogP) is 2.98. The number of carbonyl (C=O) groups is 1. The second-order valence-corrected chi connectivity index (χ2v) is 5.18. The third-order valence-corrected chi connectivity index (χ3v) is 3.27. The molecule has 0 atom stereocenters. The zero-order valence-electron chi connectivity index (χ0n) is 13.7. The molecule has 0 spiro atoms. The molecular weight excluding hydrogens is 341 g/mol. The number of alkyl carbamates (subject to hydrolysis) is 1. The van der Waals surface area contributed by atoms with E-state index in [1.807, 2.05) is 30.3 Å². The Bertz CT molecular complexity index is 860. The van der Waals surface area contributed by atoms with E-state index < -0.39 is 22.5 Å². The molecule has 0 aliphatic heterocycles. The molecule has 0 heterocycles. The maximum absolute atomic E-state index is 13.4. The number of nitrogen functional groups attached to an aromatic ring is 1. The van der Waals surface area contributed by atoms with Gasteiger partial charge in [0.1, 0.15) is 18.1 Å². The summed E-state index contributed by atoms with van der Waals surface area (Å²) in [5.74, 6) is 4.45. The first-order chi connectivity index (χ1) is 12.5. The lowest BCUT2D eigenvalue weighted by molar-refractivity contribution is -0.384. The fourth-order valence-corrected chi connectivity index (χ4v) is 2.02. The predicted molar refractivity (Wildman–Crippen MR) is 93.6 cm³/mol. The summed E-state index contributed by atoms with van der Waals surface area (Å²) in [5, 5.41) is 13.3. The van der Waals surface area contributed by atoms with Gasteiger partial charge >= 0.3 is 6.09 Å². The van der Waals surface area contributed by atoms with Crippen LogP contribution in [-0.4, -0.2) is 17.6 Å². The van der Waals surface area contributed by atoms with Gasteiger partial charge in [0.25, 0.3) is 5.69 Å². The Morgan fingerprint density at radius 2 is 2.04 bits per heavy atom. The number of hydrogen-bond acceptors (Lipinski definition) is 5. The second-order valence-electron chi connectivity index (χ2n) is 5.18. The van der Waals surface area contributed by atoms with Gasteiger partial charge in [-0.05, 0) is 11.6 Å².